The molecule has 2 atom stereocenters. The highest BCUT2D eigenvalue weighted by Crippen LogP contribution is 2.45. The minimum atomic E-state index is -0.462. The summed E-state index contributed by atoms with van der Waals surface area (Å²) in [5.74, 6) is 0.535. The standard InChI is InChI=1S/C11H18O/c1-9-5-4-7-10-6-2-3-8-11(9,10)12/h10,12H,1-8H2. The van der Waals surface area contributed by atoms with E-state index in [4.69, 9.17) is 0 Å². The van der Waals surface area contributed by atoms with E-state index in [2.05, 4.69) is 6.58 Å². The molecule has 0 saturated heterocycles. The van der Waals surface area contributed by atoms with E-state index < -0.39 is 5.60 Å². The Labute approximate surface area is 74.5 Å². The summed E-state index contributed by atoms with van der Waals surface area (Å²) in [6.07, 6.45) is 8.19. The van der Waals surface area contributed by atoms with Crippen molar-refractivity contribution in [2.75, 3.05) is 0 Å². The minimum absolute atomic E-state index is 0.462. The summed E-state index contributed by atoms with van der Waals surface area (Å²) in [5, 5.41) is 10.4. The summed E-state index contributed by atoms with van der Waals surface area (Å²) < 4.78 is 0. The van der Waals surface area contributed by atoms with Gasteiger partial charge >= 0.3 is 0 Å². The van der Waals surface area contributed by atoms with Crippen molar-refractivity contribution < 1.29 is 5.11 Å². The molecule has 0 heterocycles. The molecule has 2 rings (SSSR count). The smallest absolute Gasteiger partial charge is 0.0882 e. The van der Waals surface area contributed by atoms with Gasteiger partial charge in [0.15, 0.2) is 0 Å². The fourth-order valence-corrected chi connectivity index (χ4v) is 2.86. The third-order valence-electron chi connectivity index (χ3n) is 3.68. The second-order valence-corrected chi connectivity index (χ2v) is 4.36. The molecule has 0 aromatic carbocycles. The van der Waals surface area contributed by atoms with Gasteiger partial charge < -0.3 is 5.11 Å². The van der Waals surface area contributed by atoms with E-state index in [1.807, 2.05) is 0 Å². The van der Waals surface area contributed by atoms with Gasteiger partial charge in [0.05, 0.1) is 5.60 Å². The fourth-order valence-electron chi connectivity index (χ4n) is 2.86. The van der Waals surface area contributed by atoms with E-state index in [0.29, 0.717) is 5.92 Å². The van der Waals surface area contributed by atoms with E-state index in [1.54, 1.807) is 0 Å². The monoisotopic (exact) mass is 166 g/mol. The van der Waals surface area contributed by atoms with Crippen LogP contribution in [0, 0.1) is 5.92 Å². The van der Waals surface area contributed by atoms with E-state index in [9.17, 15) is 5.11 Å². The molecule has 0 radical (unpaired) electrons. The van der Waals surface area contributed by atoms with Crippen LogP contribution in [0.4, 0.5) is 0 Å². The van der Waals surface area contributed by atoms with Crippen molar-refractivity contribution >= 4 is 0 Å². The van der Waals surface area contributed by atoms with Gasteiger partial charge in [-0.05, 0) is 43.6 Å². The predicted octanol–water partition coefficient (Wildman–Crippen LogP) is 2.65. The van der Waals surface area contributed by atoms with Crippen molar-refractivity contribution in [1.29, 1.82) is 0 Å². The molecule has 1 heteroatoms. The molecule has 0 spiro atoms. The summed E-state index contributed by atoms with van der Waals surface area (Å²) in [6, 6.07) is 0. The van der Waals surface area contributed by atoms with Gasteiger partial charge in [0.2, 0.25) is 0 Å². The summed E-state index contributed by atoms with van der Waals surface area (Å²) in [6.45, 7) is 4.02. The van der Waals surface area contributed by atoms with Gasteiger partial charge in [-0.2, -0.15) is 0 Å². The normalized spacial score (nSPS) is 42.4. The van der Waals surface area contributed by atoms with Crippen molar-refractivity contribution in [2.45, 2.75) is 50.5 Å². The lowest BCUT2D eigenvalue weighted by atomic mass is 9.65. The summed E-state index contributed by atoms with van der Waals surface area (Å²) >= 11 is 0. The Morgan fingerprint density at radius 1 is 1.25 bits per heavy atom. The molecule has 2 saturated carbocycles. The van der Waals surface area contributed by atoms with Crippen LogP contribution < -0.4 is 0 Å². The molecule has 68 valence electrons. The average molecular weight is 166 g/mol. The second-order valence-electron chi connectivity index (χ2n) is 4.36. The molecule has 2 aliphatic rings. The molecular weight excluding hydrogens is 148 g/mol. The molecule has 0 aromatic heterocycles. The molecule has 2 aliphatic carbocycles. The maximum Gasteiger partial charge on any atom is 0.0882 e. The van der Waals surface area contributed by atoms with Crippen LogP contribution in [0.3, 0.4) is 0 Å². The Hall–Kier alpha value is -0.300. The van der Waals surface area contributed by atoms with Crippen LogP contribution in [0.2, 0.25) is 0 Å². The number of aliphatic hydroxyl groups is 1. The fraction of sp³-hybridized carbons (Fsp3) is 0.818. The minimum Gasteiger partial charge on any atom is -0.385 e. The Balaban J connectivity index is 2.20. The summed E-state index contributed by atoms with van der Waals surface area (Å²) in [5.41, 5.74) is 0.648. The molecule has 2 unspecified atom stereocenters. The molecule has 0 amide bonds. The highest BCUT2D eigenvalue weighted by molar-refractivity contribution is 5.18. The van der Waals surface area contributed by atoms with Gasteiger partial charge in [0.1, 0.15) is 0 Å². The summed E-state index contributed by atoms with van der Waals surface area (Å²) in [7, 11) is 0. The number of fused-ring (bicyclic) bond motifs is 1. The molecule has 2 fully saturated rings. The maximum atomic E-state index is 10.4. The third-order valence-corrected chi connectivity index (χ3v) is 3.68. The van der Waals surface area contributed by atoms with Crippen LogP contribution in [0.5, 0.6) is 0 Å². The van der Waals surface area contributed by atoms with Crippen LogP contribution in [0.25, 0.3) is 0 Å². The van der Waals surface area contributed by atoms with Gasteiger partial charge in [0.25, 0.3) is 0 Å². The van der Waals surface area contributed by atoms with Crippen molar-refractivity contribution in [2.24, 2.45) is 5.92 Å². The zero-order chi connectivity index (χ0) is 8.60. The van der Waals surface area contributed by atoms with E-state index >= 15 is 0 Å². The van der Waals surface area contributed by atoms with Gasteiger partial charge in [-0.25, -0.2) is 0 Å². The molecule has 12 heavy (non-hydrogen) atoms. The molecule has 0 bridgehead atoms. The van der Waals surface area contributed by atoms with Crippen LogP contribution in [-0.4, -0.2) is 10.7 Å². The Bertz CT molecular complexity index is 195. The Morgan fingerprint density at radius 3 is 2.75 bits per heavy atom. The molecular formula is C11H18O. The van der Waals surface area contributed by atoms with Crippen LogP contribution in [0.15, 0.2) is 12.2 Å². The van der Waals surface area contributed by atoms with Gasteiger partial charge in [-0.15, -0.1) is 0 Å². The highest BCUT2D eigenvalue weighted by atomic mass is 16.3. The van der Waals surface area contributed by atoms with Gasteiger partial charge in [-0.1, -0.05) is 19.4 Å². The number of hydrogen-bond acceptors (Lipinski definition) is 1. The van der Waals surface area contributed by atoms with Gasteiger partial charge in [-0.3, -0.25) is 0 Å². The zero-order valence-electron chi connectivity index (χ0n) is 7.68. The lowest BCUT2D eigenvalue weighted by Gasteiger charge is -2.45. The molecule has 0 aliphatic heterocycles. The first kappa shape index (κ1) is 8.31. The first-order chi connectivity index (χ1) is 5.73. The quantitative estimate of drug-likeness (QED) is 0.548. The number of hydrogen-bond donors (Lipinski definition) is 1. The topological polar surface area (TPSA) is 20.2 Å². The molecule has 1 nitrogen and oxygen atoms in total. The molecule has 1 N–H and O–H groups in total. The zero-order valence-corrected chi connectivity index (χ0v) is 7.68. The highest BCUT2D eigenvalue weighted by Gasteiger charge is 2.42. The Morgan fingerprint density at radius 2 is 2.00 bits per heavy atom. The van der Waals surface area contributed by atoms with Crippen molar-refractivity contribution in [1.82, 2.24) is 0 Å². The van der Waals surface area contributed by atoms with Crippen LogP contribution in [0.1, 0.15) is 44.9 Å². The Kier molecular flexibility index (Phi) is 1.99. The van der Waals surface area contributed by atoms with Crippen LogP contribution >= 0.6 is 0 Å². The van der Waals surface area contributed by atoms with Crippen LogP contribution in [-0.2, 0) is 0 Å². The van der Waals surface area contributed by atoms with E-state index in [-0.39, 0.29) is 0 Å². The first-order valence-electron chi connectivity index (χ1n) is 5.14. The van der Waals surface area contributed by atoms with Gasteiger partial charge in [0, 0.05) is 0 Å². The average Bonchev–Trinajstić information content (AvgIpc) is 2.07. The van der Waals surface area contributed by atoms with Crippen molar-refractivity contribution in [3.05, 3.63) is 12.2 Å². The maximum absolute atomic E-state index is 10.4. The lowest BCUT2D eigenvalue weighted by molar-refractivity contribution is -0.0330. The molecule has 0 aromatic rings. The van der Waals surface area contributed by atoms with Crippen molar-refractivity contribution in [3.8, 4) is 0 Å². The largest absolute Gasteiger partial charge is 0.385 e. The third kappa shape index (κ3) is 1.11. The number of rotatable bonds is 0. The second kappa shape index (κ2) is 2.88. The lowest BCUT2D eigenvalue weighted by Crippen LogP contribution is -2.44. The van der Waals surface area contributed by atoms with Crippen molar-refractivity contribution in [3.63, 3.8) is 0 Å². The summed E-state index contributed by atoms with van der Waals surface area (Å²) in [4.78, 5) is 0. The van der Waals surface area contributed by atoms with E-state index in [1.165, 1.54) is 32.1 Å². The predicted molar refractivity (Wildman–Crippen MR) is 49.9 cm³/mol. The first-order valence-corrected chi connectivity index (χ1v) is 5.14. The van der Waals surface area contributed by atoms with E-state index in [0.717, 1.165) is 18.4 Å². The SMILES string of the molecule is C=C1CCCC2CCCCC12O.